The maximum atomic E-state index is 14.1. The normalized spacial score (nSPS) is 11.6. The number of amides is 1. The summed E-state index contributed by atoms with van der Waals surface area (Å²) < 4.78 is 49.7. The van der Waals surface area contributed by atoms with E-state index in [0.717, 1.165) is 6.20 Å². The molecule has 0 saturated carbocycles. The van der Waals surface area contributed by atoms with E-state index in [1.54, 1.807) is 60.3 Å². The molecule has 8 rings (SSSR count). The first-order valence-corrected chi connectivity index (χ1v) is 18.3. The van der Waals surface area contributed by atoms with Crippen LogP contribution in [-0.2, 0) is 22.6 Å². The van der Waals surface area contributed by atoms with Crippen LogP contribution in [0, 0.1) is 17.5 Å². The molecular formula is C40H36F3N15O3. The van der Waals surface area contributed by atoms with Crippen molar-refractivity contribution in [3.05, 3.63) is 113 Å². The lowest BCUT2D eigenvalue weighted by molar-refractivity contribution is -0.118. The van der Waals surface area contributed by atoms with Crippen molar-refractivity contribution in [2.24, 2.45) is 0 Å². The molecule has 0 spiro atoms. The smallest absolute Gasteiger partial charge is 0.411 e. The monoisotopic (exact) mass is 831 g/mol. The quantitative estimate of drug-likeness (QED) is 0.120. The van der Waals surface area contributed by atoms with E-state index in [-0.39, 0.29) is 82.0 Å². The minimum atomic E-state index is -0.805. The maximum Gasteiger partial charge on any atom is 0.411 e. The van der Waals surface area contributed by atoms with Gasteiger partial charge in [0.05, 0.1) is 37.2 Å². The van der Waals surface area contributed by atoms with E-state index in [4.69, 9.17) is 22.9 Å². The molecule has 6 aromatic heterocycles. The van der Waals surface area contributed by atoms with Gasteiger partial charge in [-0.3, -0.25) is 10.1 Å². The number of carbonyl (C=O) groups excluding carboxylic acids is 2. The molecule has 0 saturated heterocycles. The molecule has 8 aromatic rings. The largest absolute Gasteiger partial charge is 0.453 e. The van der Waals surface area contributed by atoms with Crippen LogP contribution in [0.2, 0.25) is 0 Å². The molecule has 1 atom stereocenters. The summed E-state index contributed by atoms with van der Waals surface area (Å²) in [7, 11) is 1.17. The topological polar surface area (TPSA) is 272 Å². The number of anilines is 5. The summed E-state index contributed by atoms with van der Waals surface area (Å²) in [5.41, 5.74) is 26.7. The minimum absolute atomic E-state index is 0.0184. The minimum Gasteiger partial charge on any atom is -0.453 e. The zero-order valence-electron chi connectivity index (χ0n) is 32.6. The molecule has 1 unspecified atom stereocenters. The lowest BCUT2D eigenvalue weighted by Crippen LogP contribution is -2.16. The number of methoxy groups -OCH3 is 1. The van der Waals surface area contributed by atoms with Gasteiger partial charge in [-0.15, -0.1) is 0 Å². The van der Waals surface area contributed by atoms with Gasteiger partial charge in [-0.25, -0.2) is 57.2 Å². The van der Waals surface area contributed by atoms with E-state index in [9.17, 15) is 22.8 Å². The number of nitrogen functional groups attached to an aromatic ring is 4. The van der Waals surface area contributed by atoms with Crippen molar-refractivity contribution in [1.82, 2.24) is 49.5 Å². The van der Waals surface area contributed by atoms with Gasteiger partial charge in [0.1, 0.15) is 51.9 Å². The number of rotatable bonds is 9. The fourth-order valence-corrected chi connectivity index (χ4v) is 6.31. The summed E-state index contributed by atoms with van der Waals surface area (Å²) in [4.78, 5) is 48.6. The molecule has 0 aliphatic heterocycles. The molecule has 310 valence electrons. The Hall–Kier alpha value is -8.23. The Morgan fingerprint density at radius 1 is 0.721 bits per heavy atom. The summed E-state index contributed by atoms with van der Waals surface area (Å²) in [6.45, 7) is 3.39. The van der Waals surface area contributed by atoms with Crippen molar-refractivity contribution in [3.8, 4) is 23.0 Å². The summed E-state index contributed by atoms with van der Waals surface area (Å²) >= 11 is 0. The molecule has 2 aromatic carbocycles. The number of hydrogen-bond donors (Lipinski definition) is 5. The van der Waals surface area contributed by atoms with Gasteiger partial charge in [-0.05, 0) is 37.3 Å². The van der Waals surface area contributed by atoms with Crippen molar-refractivity contribution in [1.29, 1.82) is 0 Å². The number of ketones is 1. The molecule has 18 nitrogen and oxygen atoms in total. The Bertz CT molecular complexity index is 2930. The number of carbonyl (C=O) groups is 2. The first-order valence-electron chi connectivity index (χ1n) is 18.3. The van der Waals surface area contributed by atoms with Crippen LogP contribution in [0.3, 0.4) is 0 Å². The van der Waals surface area contributed by atoms with Crippen LogP contribution in [0.1, 0.15) is 36.5 Å². The summed E-state index contributed by atoms with van der Waals surface area (Å²) in [6, 6.07) is 17.5. The van der Waals surface area contributed by atoms with Gasteiger partial charge in [-0.2, -0.15) is 10.2 Å². The Labute approximate surface area is 343 Å². The van der Waals surface area contributed by atoms with Gasteiger partial charge in [0.2, 0.25) is 0 Å². The number of pyridine rings is 2. The van der Waals surface area contributed by atoms with Gasteiger partial charge in [0.25, 0.3) is 0 Å². The molecule has 1 amide bonds. The summed E-state index contributed by atoms with van der Waals surface area (Å²) in [5, 5.41) is 12.3. The number of aromatic nitrogens is 10. The second-order valence-electron chi connectivity index (χ2n) is 13.5. The van der Waals surface area contributed by atoms with E-state index in [2.05, 4.69) is 50.2 Å². The fourth-order valence-electron chi connectivity index (χ4n) is 6.31. The van der Waals surface area contributed by atoms with E-state index >= 15 is 0 Å². The highest BCUT2D eigenvalue weighted by Crippen LogP contribution is 2.33. The summed E-state index contributed by atoms with van der Waals surface area (Å²) in [6.07, 6.45) is 1.85. The predicted molar refractivity (Wildman–Crippen MR) is 221 cm³/mol. The SMILES string of the molecule is CC(=O)C(C)c1c(N)nc(-c2nn(Cc3ccccc3F)c3ncccc23)nc1N.COC(=O)Nc1c(N)nc(-c2nn(Cc3ccccc3F)c3ncc(F)cc23)nc1N. The maximum absolute atomic E-state index is 14.1. The molecule has 0 bridgehead atoms. The molecule has 0 fully saturated rings. The number of nitrogens with one attached hydrogen (secondary N) is 1. The van der Waals surface area contributed by atoms with E-state index in [0.29, 0.717) is 33.4 Å². The van der Waals surface area contributed by atoms with Crippen LogP contribution >= 0.6 is 0 Å². The second-order valence-corrected chi connectivity index (χ2v) is 13.5. The molecule has 0 aliphatic carbocycles. The lowest BCUT2D eigenvalue weighted by atomic mass is 9.98. The van der Waals surface area contributed by atoms with Crippen LogP contribution in [0.25, 0.3) is 45.1 Å². The number of Topliss-reactive ketones (excluding diaryl/α,β-unsaturated/α-hetero) is 1. The van der Waals surface area contributed by atoms with Gasteiger partial charge >= 0.3 is 6.09 Å². The first kappa shape index (κ1) is 40.9. The van der Waals surface area contributed by atoms with Crippen LogP contribution in [-0.4, -0.2) is 68.5 Å². The third-order valence-electron chi connectivity index (χ3n) is 9.46. The number of benzene rings is 2. The number of nitrogens with zero attached hydrogens (tertiary/aromatic N) is 10. The molecule has 9 N–H and O–H groups in total. The standard InChI is InChI=1S/C21H20FN7O.C19H16F2N8O2/c1-11(12(2)30)16-18(23)26-20(27-19(16)24)17-14-7-5-9-25-21(14)29(28-17)10-13-6-3-4-8-15(13)22;1-31-19(30)25-14-15(22)26-17(27-16(14)23)13-11-6-10(20)7-24-18(11)29(28-13)8-9-4-2-3-5-12(9)21/h3-9,11H,10H2,1-2H3,(H4,23,24,26,27);2-7H,8H2,1H3,(H,25,30)(H4,22,23,26,27). The average Bonchev–Trinajstić information content (AvgIpc) is 3.78. The number of halogens is 3. The Kier molecular flexibility index (Phi) is 11.4. The first-order chi connectivity index (χ1) is 29.2. The molecule has 6 heterocycles. The lowest BCUT2D eigenvalue weighted by Gasteiger charge is -2.13. The van der Waals surface area contributed by atoms with Crippen molar-refractivity contribution in [2.75, 3.05) is 35.4 Å². The van der Waals surface area contributed by atoms with Crippen LogP contribution in [0.5, 0.6) is 0 Å². The Morgan fingerprint density at radius 2 is 1.23 bits per heavy atom. The Morgan fingerprint density at radius 3 is 1.75 bits per heavy atom. The Balaban J connectivity index is 0.000000184. The number of ether oxygens (including phenoxy) is 1. The highest BCUT2D eigenvalue weighted by Gasteiger charge is 2.24. The summed E-state index contributed by atoms with van der Waals surface area (Å²) in [5.74, 6) is -1.80. The predicted octanol–water partition coefficient (Wildman–Crippen LogP) is 5.49. The van der Waals surface area contributed by atoms with E-state index in [1.807, 2.05) is 6.07 Å². The molecule has 0 radical (unpaired) electrons. The third kappa shape index (κ3) is 8.37. The van der Waals surface area contributed by atoms with Gasteiger partial charge in [-0.1, -0.05) is 43.3 Å². The second kappa shape index (κ2) is 16.9. The molecule has 61 heavy (non-hydrogen) atoms. The molecule has 21 heteroatoms. The van der Waals surface area contributed by atoms with Gasteiger partial charge in [0, 0.05) is 28.8 Å². The van der Waals surface area contributed by atoms with Crippen LogP contribution in [0.15, 0.2) is 79.1 Å². The van der Waals surface area contributed by atoms with Gasteiger partial charge in [0.15, 0.2) is 34.6 Å². The van der Waals surface area contributed by atoms with E-state index < -0.39 is 23.6 Å². The zero-order chi connectivity index (χ0) is 43.5. The number of fused-ring (bicyclic) bond motifs is 2. The highest BCUT2D eigenvalue weighted by molar-refractivity contribution is 5.95. The fraction of sp³-hybridized carbons (Fsp3) is 0.150. The number of nitrogens with two attached hydrogens (primary N) is 4. The third-order valence-corrected chi connectivity index (χ3v) is 9.46. The number of hydrogen-bond acceptors (Lipinski definition) is 15. The van der Waals surface area contributed by atoms with Crippen molar-refractivity contribution >= 4 is 62.9 Å². The van der Waals surface area contributed by atoms with Crippen LogP contribution < -0.4 is 28.3 Å². The zero-order valence-corrected chi connectivity index (χ0v) is 32.6. The average molecular weight is 832 g/mol. The van der Waals surface area contributed by atoms with Crippen LogP contribution in [0.4, 0.5) is 46.9 Å². The van der Waals surface area contributed by atoms with Crippen molar-refractivity contribution < 1.29 is 27.5 Å². The molecule has 0 aliphatic rings. The molecular weight excluding hydrogens is 796 g/mol. The highest BCUT2D eigenvalue weighted by atomic mass is 19.1. The van der Waals surface area contributed by atoms with Gasteiger partial charge < -0.3 is 27.7 Å². The van der Waals surface area contributed by atoms with E-state index in [1.165, 1.54) is 36.9 Å². The van der Waals surface area contributed by atoms with Crippen molar-refractivity contribution in [3.63, 3.8) is 0 Å². The van der Waals surface area contributed by atoms with Crippen molar-refractivity contribution in [2.45, 2.75) is 32.9 Å².